The molecule has 0 aromatic heterocycles. The van der Waals surface area contributed by atoms with Crippen LogP contribution in [0.15, 0.2) is 24.3 Å². The third kappa shape index (κ3) is 2.21. The lowest BCUT2D eigenvalue weighted by molar-refractivity contribution is 0.250. The Hall–Kier alpha value is -0.860. The molecule has 0 saturated carbocycles. The van der Waals surface area contributed by atoms with Gasteiger partial charge in [0.1, 0.15) is 0 Å². The van der Waals surface area contributed by atoms with Crippen molar-refractivity contribution in [3.05, 3.63) is 35.4 Å². The molecule has 1 unspecified atom stereocenters. The van der Waals surface area contributed by atoms with E-state index < -0.39 is 0 Å². The zero-order valence-electron chi connectivity index (χ0n) is 9.45. The Morgan fingerprint density at radius 2 is 1.93 bits per heavy atom. The summed E-state index contributed by atoms with van der Waals surface area (Å²) in [6.45, 7) is 5.31. The molecule has 2 heteroatoms. The van der Waals surface area contributed by atoms with E-state index in [2.05, 4.69) is 36.1 Å². The van der Waals surface area contributed by atoms with Crippen LogP contribution in [0.2, 0.25) is 0 Å². The van der Waals surface area contributed by atoms with Gasteiger partial charge in [-0.15, -0.1) is 0 Å². The van der Waals surface area contributed by atoms with Gasteiger partial charge in [-0.05, 0) is 44.0 Å². The van der Waals surface area contributed by atoms with Crippen molar-refractivity contribution in [2.24, 2.45) is 5.73 Å². The van der Waals surface area contributed by atoms with Crippen LogP contribution in [0.1, 0.15) is 30.0 Å². The van der Waals surface area contributed by atoms with Crippen LogP contribution in [0, 0.1) is 6.92 Å². The number of hydrogen-bond acceptors (Lipinski definition) is 2. The lowest BCUT2D eigenvalue weighted by Gasteiger charge is -2.27. The molecule has 82 valence electrons. The first-order chi connectivity index (χ1) is 7.33. The van der Waals surface area contributed by atoms with Crippen molar-refractivity contribution < 1.29 is 0 Å². The minimum atomic E-state index is 0.425. The first-order valence-corrected chi connectivity index (χ1v) is 5.82. The summed E-state index contributed by atoms with van der Waals surface area (Å²) in [7, 11) is 0. The Morgan fingerprint density at radius 3 is 2.53 bits per heavy atom. The van der Waals surface area contributed by atoms with Crippen molar-refractivity contribution in [2.75, 3.05) is 19.6 Å². The van der Waals surface area contributed by atoms with E-state index in [1.807, 2.05) is 0 Å². The lowest BCUT2D eigenvalue weighted by atomic mass is 10.0. The minimum absolute atomic E-state index is 0.425. The Morgan fingerprint density at radius 1 is 1.27 bits per heavy atom. The molecule has 2 N–H and O–H groups in total. The Balaban J connectivity index is 2.22. The highest BCUT2D eigenvalue weighted by Gasteiger charge is 2.22. The maximum atomic E-state index is 5.91. The molecule has 1 fully saturated rings. The molecule has 0 bridgehead atoms. The van der Waals surface area contributed by atoms with Crippen LogP contribution in [0.3, 0.4) is 0 Å². The van der Waals surface area contributed by atoms with Crippen LogP contribution in [-0.2, 0) is 0 Å². The van der Waals surface area contributed by atoms with Crippen molar-refractivity contribution in [2.45, 2.75) is 25.8 Å². The SMILES string of the molecule is Cc1ccccc1C(CN)N1CCCC1. The zero-order valence-corrected chi connectivity index (χ0v) is 9.45. The Bertz CT molecular complexity index is 316. The highest BCUT2D eigenvalue weighted by Crippen LogP contribution is 2.26. The van der Waals surface area contributed by atoms with Crippen LogP contribution < -0.4 is 5.73 Å². The van der Waals surface area contributed by atoms with Gasteiger partial charge < -0.3 is 5.73 Å². The van der Waals surface area contributed by atoms with Crippen molar-refractivity contribution in [1.29, 1.82) is 0 Å². The normalized spacial score (nSPS) is 19.3. The topological polar surface area (TPSA) is 29.3 Å². The van der Waals surface area contributed by atoms with E-state index in [-0.39, 0.29) is 0 Å². The van der Waals surface area contributed by atoms with Gasteiger partial charge in [0, 0.05) is 12.6 Å². The predicted molar refractivity (Wildman–Crippen MR) is 63.8 cm³/mol. The van der Waals surface area contributed by atoms with Gasteiger partial charge in [0.2, 0.25) is 0 Å². The Labute approximate surface area is 92.1 Å². The van der Waals surface area contributed by atoms with Gasteiger partial charge in [0.05, 0.1) is 0 Å². The zero-order chi connectivity index (χ0) is 10.7. The smallest absolute Gasteiger partial charge is 0.0473 e. The van der Waals surface area contributed by atoms with Crippen LogP contribution in [-0.4, -0.2) is 24.5 Å². The van der Waals surface area contributed by atoms with Crippen molar-refractivity contribution in [3.8, 4) is 0 Å². The highest BCUT2D eigenvalue weighted by molar-refractivity contribution is 5.29. The molecule has 0 spiro atoms. The second-order valence-corrected chi connectivity index (χ2v) is 4.35. The Kier molecular flexibility index (Phi) is 3.39. The minimum Gasteiger partial charge on any atom is -0.329 e. The van der Waals surface area contributed by atoms with Gasteiger partial charge in [-0.3, -0.25) is 4.90 Å². The summed E-state index contributed by atoms with van der Waals surface area (Å²) in [6.07, 6.45) is 2.64. The fourth-order valence-electron chi connectivity index (χ4n) is 2.49. The predicted octanol–water partition coefficient (Wildman–Crippen LogP) is 2.09. The molecule has 1 aromatic carbocycles. The van der Waals surface area contributed by atoms with Gasteiger partial charge in [0.25, 0.3) is 0 Å². The van der Waals surface area contributed by atoms with Gasteiger partial charge in [-0.25, -0.2) is 0 Å². The molecular weight excluding hydrogens is 184 g/mol. The molecule has 15 heavy (non-hydrogen) atoms. The highest BCUT2D eigenvalue weighted by atomic mass is 15.2. The van der Waals surface area contributed by atoms with Crippen LogP contribution in [0.5, 0.6) is 0 Å². The number of likely N-dealkylation sites (tertiary alicyclic amines) is 1. The maximum absolute atomic E-state index is 5.91. The summed E-state index contributed by atoms with van der Waals surface area (Å²) < 4.78 is 0. The quantitative estimate of drug-likeness (QED) is 0.817. The van der Waals surface area contributed by atoms with E-state index in [1.165, 1.54) is 37.1 Å². The fourth-order valence-corrected chi connectivity index (χ4v) is 2.49. The van der Waals surface area contributed by atoms with Crippen LogP contribution in [0.25, 0.3) is 0 Å². The molecule has 1 aliphatic rings. The molecule has 0 radical (unpaired) electrons. The molecular formula is C13H20N2. The third-order valence-electron chi connectivity index (χ3n) is 3.35. The van der Waals surface area contributed by atoms with E-state index >= 15 is 0 Å². The lowest BCUT2D eigenvalue weighted by Crippen LogP contribution is -2.31. The molecule has 2 nitrogen and oxygen atoms in total. The second-order valence-electron chi connectivity index (χ2n) is 4.35. The summed E-state index contributed by atoms with van der Waals surface area (Å²) in [5.74, 6) is 0. The van der Waals surface area contributed by atoms with Gasteiger partial charge in [-0.1, -0.05) is 24.3 Å². The molecule has 0 aliphatic carbocycles. The number of aryl methyl sites for hydroxylation is 1. The van der Waals surface area contributed by atoms with Gasteiger partial charge in [0.15, 0.2) is 0 Å². The van der Waals surface area contributed by atoms with Gasteiger partial charge >= 0.3 is 0 Å². The molecule has 1 aliphatic heterocycles. The number of benzene rings is 1. The molecule has 1 atom stereocenters. The average Bonchev–Trinajstić information content (AvgIpc) is 2.75. The largest absolute Gasteiger partial charge is 0.329 e. The van der Waals surface area contributed by atoms with Crippen LogP contribution >= 0.6 is 0 Å². The number of rotatable bonds is 3. The van der Waals surface area contributed by atoms with E-state index in [1.54, 1.807) is 0 Å². The first-order valence-electron chi connectivity index (χ1n) is 5.82. The summed E-state index contributed by atoms with van der Waals surface area (Å²) in [4.78, 5) is 2.52. The first kappa shape index (κ1) is 10.7. The number of hydrogen-bond donors (Lipinski definition) is 1. The summed E-state index contributed by atoms with van der Waals surface area (Å²) in [5, 5.41) is 0. The number of nitrogens with zero attached hydrogens (tertiary/aromatic N) is 1. The molecule has 2 rings (SSSR count). The molecule has 1 saturated heterocycles. The van der Waals surface area contributed by atoms with Crippen molar-refractivity contribution in [3.63, 3.8) is 0 Å². The van der Waals surface area contributed by atoms with Crippen LogP contribution in [0.4, 0.5) is 0 Å². The van der Waals surface area contributed by atoms with E-state index in [4.69, 9.17) is 5.73 Å². The van der Waals surface area contributed by atoms with Crippen molar-refractivity contribution in [1.82, 2.24) is 4.90 Å². The van der Waals surface area contributed by atoms with Gasteiger partial charge in [-0.2, -0.15) is 0 Å². The fraction of sp³-hybridized carbons (Fsp3) is 0.538. The second kappa shape index (κ2) is 4.77. The molecule has 1 aromatic rings. The third-order valence-corrected chi connectivity index (χ3v) is 3.35. The molecule has 0 amide bonds. The van der Waals surface area contributed by atoms with E-state index in [0.29, 0.717) is 6.04 Å². The van der Waals surface area contributed by atoms with E-state index in [9.17, 15) is 0 Å². The standard InChI is InChI=1S/C13H20N2/c1-11-6-2-3-7-12(11)13(10-14)15-8-4-5-9-15/h2-3,6-7,13H,4-5,8-10,14H2,1H3. The summed E-state index contributed by atoms with van der Waals surface area (Å²) in [6, 6.07) is 9.02. The average molecular weight is 204 g/mol. The van der Waals surface area contributed by atoms with Crippen molar-refractivity contribution >= 4 is 0 Å². The number of nitrogens with two attached hydrogens (primary N) is 1. The summed E-state index contributed by atoms with van der Waals surface area (Å²) >= 11 is 0. The molecule has 1 heterocycles. The monoisotopic (exact) mass is 204 g/mol. The van der Waals surface area contributed by atoms with E-state index in [0.717, 1.165) is 6.54 Å². The maximum Gasteiger partial charge on any atom is 0.0473 e. The summed E-state index contributed by atoms with van der Waals surface area (Å²) in [5.41, 5.74) is 8.68.